The zero-order valence-corrected chi connectivity index (χ0v) is 10.7. The highest BCUT2D eigenvalue weighted by atomic mass is 16.5. The molecule has 0 aromatic rings. The molecule has 2 saturated carbocycles. The summed E-state index contributed by atoms with van der Waals surface area (Å²) in [5, 5.41) is 0. The number of rotatable bonds is 0. The zero-order valence-electron chi connectivity index (χ0n) is 10.7. The number of ether oxygens (including phenoxy) is 1. The molecule has 0 aromatic heterocycles. The van der Waals surface area contributed by atoms with E-state index in [1.807, 2.05) is 0 Å². The summed E-state index contributed by atoms with van der Waals surface area (Å²) in [6.07, 6.45) is 5.23. The van der Waals surface area contributed by atoms with Gasteiger partial charge < -0.3 is 4.74 Å². The van der Waals surface area contributed by atoms with E-state index in [2.05, 4.69) is 13.8 Å². The predicted molar refractivity (Wildman–Crippen MR) is 64.5 cm³/mol. The van der Waals surface area contributed by atoms with E-state index in [4.69, 9.17) is 4.74 Å². The Labute approximate surface area is 102 Å². The molecule has 1 spiro atoms. The highest BCUT2D eigenvalue weighted by Gasteiger charge is 2.69. The van der Waals surface area contributed by atoms with Gasteiger partial charge in [-0.3, -0.25) is 4.79 Å². The lowest BCUT2D eigenvalue weighted by Crippen LogP contribution is -2.39. The average molecular weight is 232 g/mol. The van der Waals surface area contributed by atoms with Gasteiger partial charge in [0.25, 0.3) is 0 Å². The average Bonchev–Trinajstić information content (AvgIpc) is 2.88. The number of ketones is 1. The van der Waals surface area contributed by atoms with Crippen LogP contribution in [0.4, 0.5) is 0 Å². The number of allylic oxidation sites excluding steroid dienone is 1. The molecule has 92 valence electrons. The molecule has 5 atom stereocenters. The molecule has 1 unspecified atom stereocenters. The van der Waals surface area contributed by atoms with Gasteiger partial charge in [-0.05, 0) is 38.5 Å². The minimum absolute atomic E-state index is 0.152. The van der Waals surface area contributed by atoms with Crippen molar-refractivity contribution in [1.29, 1.82) is 0 Å². The van der Waals surface area contributed by atoms with Crippen molar-refractivity contribution in [2.75, 3.05) is 6.61 Å². The van der Waals surface area contributed by atoms with Crippen molar-refractivity contribution in [2.24, 2.45) is 23.2 Å². The number of hydrogen-bond acceptors (Lipinski definition) is 2. The summed E-state index contributed by atoms with van der Waals surface area (Å²) in [7, 11) is 0. The third-order valence-electron chi connectivity index (χ3n) is 6.07. The standard InChI is InChI=1S/C15H20O2/c1-8-3-4-10-5-6-12-15(10)11(7-17-12)9(2)14(16)13(8)15/h9-12H,3-7H2,1-2H3/t9?,10-,11-,12-,15+/m1/s1. The van der Waals surface area contributed by atoms with Crippen LogP contribution in [0.3, 0.4) is 0 Å². The molecule has 1 aliphatic heterocycles. The molecule has 1 saturated heterocycles. The quantitative estimate of drug-likeness (QED) is 0.642. The molecule has 0 bridgehead atoms. The second-order valence-corrected chi connectivity index (χ2v) is 6.48. The topological polar surface area (TPSA) is 26.3 Å². The van der Waals surface area contributed by atoms with Crippen molar-refractivity contribution in [3.63, 3.8) is 0 Å². The Balaban J connectivity index is 1.99. The molecule has 1 heterocycles. The van der Waals surface area contributed by atoms with E-state index >= 15 is 0 Å². The number of hydrogen-bond donors (Lipinski definition) is 0. The normalized spacial score (nSPS) is 52.0. The van der Waals surface area contributed by atoms with E-state index in [1.165, 1.54) is 30.4 Å². The Morgan fingerprint density at radius 1 is 1.29 bits per heavy atom. The van der Waals surface area contributed by atoms with E-state index in [0.717, 1.165) is 18.9 Å². The first-order chi connectivity index (χ1) is 8.17. The molecule has 0 aromatic carbocycles. The van der Waals surface area contributed by atoms with Crippen molar-refractivity contribution in [3.05, 3.63) is 11.1 Å². The second kappa shape index (κ2) is 3.03. The van der Waals surface area contributed by atoms with Crippen LogP contribution in [-0.2, 0) is 9.53 Å². The van der Waals surface area contributed by atoms with E-state index in [1.54, 1.807) is 0 Å². The van der Waals surface area contributed by atoms with Gasteiger partial charge in [0.1, 0.15) is 0 Å². The molecule has 3 fully saturated rings. The van der Waals surface area contributed by atoms with Gasteiger partial charge in [0.05, 0.1) is 12.7 Å². The third-order valence-corrected chi connectivity index (χ3v) is 6.07. The molecule has 2 heteroatoms. The van der Waals surface area contributed by atoms with E-state index in [-0.39, 0.29) is 11.3 Å². The number of carbonyl (C=O) groups is 1. The summed E-state index contributed by atoms with van der Waals surface area (Å²) in [6, 6.07) is 0. The minimum Gasteiger partial charge on any atom is -0.377 e. The summed E-state index contributed by atoms with van der Waals surface area (Å²) >= 11 is 0. The Morgan fingerprint density at radius 2 is 2.12 bits per heavy atom. The van der Waals surface area contributed by atoms with Crippen molar-refractivity contribution >= 4 is 5.78 Å². The molecule has 4 aliphatic rings. The second-order valence-electron chi connectivity index (χ2n) is 6.48. The molecule has 0 radical (unpaired) electrons. The molecule has 0 N–H and O–H groups in total. The fourth-order valence-corrected chi connectivity index (χ4v) is 5.42. The van der Waals surface area contributed by atoms with Gasteiger partial charge in [-0.25, -0.2) is 0 Å². The first kappa shape index (κ1) is 10.3. The maximum absolute atomic E-state index is 12.6. The van der Waals surface area contributed by atoms with Crippen LogP contribution in [0.15, 0.2) is 11.1 Å². The van der Waals surface area contributed by atoms with Crippen LogP contribution in [0.2, 0.25) is 0 Å². The molecular formula is C15H20O2. The van der Waals surface area contributed by atoms with Crippen molar-refractivity contribution in [1.82, 2.24) is 0 Å². The van der Waals surface area contributed by atoms with E-state index in [9.17, 15) is 4.79 Å². The largest absolute Gasteiger partial charge is 0.377 e. The van der Waals surface area contributed by atoms with Crippen LogP contribution in [0, 0.1) is 23.2 Å². The van der Waals surface area contributed by atoms with Crippen LogP contribution in [0.25, 0.3) is 0 Å². The Bertz CT molecular complexity index is 436. The lowest BCUT2D eigenvalue weighted by molar-refractivity contribution is -0.118. The first-order valence-electron chi connectivity index (χ1n) is 7.03. The van der Waals surface area contributed by atoms with Crippen LogP contribution < -0.4 is 0 Å². The van der Waals surface area contributed by atoms with Gasteiger partial charge in [0.2, 0.25) is 0 Å². The van der Waals surface area contributed by atoms with E-state index < -0.39 is 0 Å². The van der Waals surface area contributed by atoms with Gasteiger partial charge in [0.15, 0.2) is 5.78 Å². The minimum atomic E-state index is 0.152. The molecule has 3 aliphatic carbocycles. The van der Waals surface area contributed by atoms with Gasteiger partial charge in [0, 0.05) is 22.8 Å². The predicted octanol–water partition coefficient (Wildman–Crippen LogP) is 2.73. The summed E-state index contributed by atoms with van der Waals surface area (Å²) in [6.45, 7) is 5.13. The molecular weight excluding hydrogens is 212 g/mol. The third kappa shape index (κ3) is 0.929. The first-order valence-corrected chi connectivity index (χ1v) is 7.03. The fraction of sp³-hybridized carbons (Fsp3) is 0.800. The van der Waals surface area contributed by atoms with E-state index in [0.29, 0.717) is 17.8 Å². The molecule has 2 nitrogen and oxygen atoms in total. The SMILES string of the molecule is CC1=C2C(=O)C(C)[C@H]3CO[C@@H]4CC[C@@H](CC1)[C@]234. The summed E-state index contributed by atoms with van der Waals surface area (Å²) in [5.74, 6) is 1.86. The maximum Gasteiger partial charge on any atom is 0.162 e. The maximum atomic E-state index is 12.6. The molecule has 4 rings (SSSR count). The summed E-state index contributed by atoms with van der Waals surface area (Å²) < 4.78 is 6.05. The lowest BCUT2D eigenvalue weighted by atomic mass is 9.62. The van der Waals surface area contributed by atoms with Crippen molar-refractivity contribution in [2.45, 2.75) is 45.6 Å². The monoisotopic (exact) mass is 232 g/mol. The fourth-order valence-electron chi connectivity index (χ4n) is 5.42. The highest BCUT2D eigenvalue weighted by molar-refractivity contribution is 6.02. The van der Waals surface area contributed by atoms with Crippen molar-refractivity contribution < 1.29 is 9.53 Å². The number of Topliss-reactive ketones (excluding diaryl/α,β-unsaturated/α-hetero) is 1. The van der Waals surface area contributed by atoms with Crippen molar-refractivity contribution in [3.8, 4) is 0 Å². The Kier molecular flexibility index (Phi) is 1.84. The highest BCUT2D eigenvalue weighted by Crippen LogP contribution is 2.68. The lowest BCUT2D eigenvalue weighted by Gasteiger charge is -2.40. The van der Waals surface area contributed by atoms with Crippen LogP contribution in [-0.4, -0.2) is 18.5 Å². The molecule has 0 amide bonds. The Hall–Kier alpha value is -0.630. The van der Waals surface area contributed by atoms with Gasteiger partial charge in [-0.15, -0.1) is 0 Å². The zero-order chi connectivity index (χ0) is 11.8. The molecule has 17 heavy (non-hydrogen) atoms. The summed E-state index contributed by atoms with van der Waals surface area (Å²) in [5.41, 5.74) is 2.74. The van der Waals surface area contributed by atoms with Gasteiger partial charge in [-0.1, -0.05) is 12.5 Å². The van der Waals surface area contributed by atoms with Crippen LogP contribution in [0.5, 0.6) is 0 Å². The van der Waals surface area contributed by atoms with Gasteiger partial charge in [-0.2, -0.15) is 0 Å². The van der Waals surface area contributed by atoms with Crippen LogP contribution in [0.1, 0.15) is 39.5 Å². The summed E-state index contributed by atoms with van der Waals surface area (Å²) in [4.78, 5) is 12.6. The Morgan fingerprint density at radius 3 is 2.94 bits per heavy atom. The number of carbonyl (C=O) groups excluding carboxylic acids is 1. The van der Waals surface area contributed by atoms with Gasteiger partial charge >= 0.3 is 0 Å². The smallest absolute Gasteiger partial charge is 0.162 e. The van der Waals surface area contributed by atoms with Crippen LogP contribution >= 0.6 is 0 Å².